The Morgan fingerprint density at radius 2 is 1.61 bits per heavy atom. The minimum Gasteiger partial charge on any atom is -0.337 e. The number of benzene rings is 2. The highest BCUT2D eigenvalue weighted by Gasteiger charge is 2.24. The topological polar surface area (TPSA) is 48.4 Å². The maximum Gasteiger partial charge on any atom is 0.247 e. The lowest BCUT2D eigenvalue weighted by Gasteiger charge is -2.34. The summed E-state index contributed by atoms with van der Waals surface area (Å²) in [4.78, 5) is 11.8. The van der Waals surface area contributed by atoms with Gasteiger partial charge in [0.05, 0.1) is 6.20 Å². The first-order valence-corrected chi connectivity index (χ1v) is 9.93. The van der Waals surface area contributed by atoms with Gasteiger partial charge in [0.2, 0.25) is 5.95 Å². The molecule has 142 valence electrons. The first-order chi connectivity index (χ1) is 13.9. The average molecular weight is 372 g/mol. The molecule has 0 saturated carbocycles. The van der Waals surface area contributed by atoms with Crippen LogP contribution in [0.2, 0.25) is 0 Å². The van der Waals surface area contributed by atoms with Crippen LogP contribution in [0.25, 0.3) is 0 Å². The van der Waals surface area contributed by atoms with E-state index in [1.165, 1.54) is 16.8 Å². The summed E-state index contributed by atoms with van der Waals surface area (Å²) in [6.45, 7) is 5.81. The van der Waals surface area contributed by atoms with Crippen molar-refractivity contribution >= 4 is 17.5 Å². The van der Waals surface area contributed by atoms with Gasteiger partial charge in [-0.2, -0.15) is 10.1 Å². The van der Waals surface area contributed by atoms with E-state index in [0.717, 1.165) is 57.5 Å². The molecule has 6 heteroatoms. The van der Waals surface area contributed by atoms with Crippen LogP contribution >= 0.6 is 0 Å². The lowest BCUT2D eigenvalue weighted by atomic mass is 10.2. The third-order valence-corrected chi connectivity index (χ3v) is 5.60. The van der Waals surface area contributed by atoms with Gasteiger partial charge < -0.3 is 9.80 Å². The Hall–Kier alpha value is -2.99. The molecule has 0 amide bonds. The Bertz CT molecular complexity index is 937. The molecule has 0 aliphatic carbocycles. The molecule has 2 aliphatic heterocycles. The molecule has 0 atom stereocenters. The van der Waals surface area contributed by atoms with Crippen LogP contribution in [-0.4, -0.2) is 52.8 Å². The largest absolute Gasteiger partial charge is 0.337 e. The summed E-state index contributed by atoms with van der Waals surface area (Å²) >= 11 is 0. The molecule has 2 aliphatic rings. The van der Waals surface area contributed by atoms with Gasteiger partial charge in [-0.3, -0.25) is 4.90 Å². The molecule has 0 bridgehead atoms. The Morgan fingerprint density at radius 1 is 0.821 bits per heavy atom. The van der Waals surface area contributed by atoms with E-state index >= 15 is 0 Å². The minimum atomic E-state index is 0.737. The average Bonchev–Trinajstić information content (AvgIpc) is 3.19. The normalized spacial score (nSPS) is 17.0. The van der Waals surface area contributed by atoms with Gasteiger partial charge in [0.15, 0.2) is 5.82 Å². The monoisotopic (exact) mass is 372 g/mol. The number of anilines is 3. The lowest BCUT2D eigenvalue weighted by molar-refractivity contribution is 0.248. The first-order valence-electron chi connectivity index (χ1n) is 9.93. The molecule has 0 unspecified atom stereocenters. The second-order valence-electron chi connectivity index (χ2n) is 7.39. The molecular formula is C22H24N6. The number of fused-ring (bicyclic) bond motifs is 1. The summed E-state index contributed by atoms with van der Waals surface area (Å²) in [6.07, 6.45) is 2.82. The fourth-order valence-corrected chi connectivity index (χ4v) is 4.07. The van der Waals surface area contributed by atoms with Crippen LogP contribution in [0, 0.1) is 0 Å². The predicted octanol–water partition coefficient (Wildman–Crippen LogP) is 2.89. The van der Waals surface area contributed by atoms with Crippen molar-refractivity contribution in [2.45, 2.75) is 13.0 Å². The van der Waals surface area contributed by atoms with E-state index < -0.39 is 0 Å². The van der Waals surface area contributed by atoms with E-state index in [-0.39, 0.29) is 0 Å². The molecule has 3 heterocycles. The molecule has 2 aromatic carbocycles. The number of aromatic nitrogens is 3. The SMILES string of the molecule is c1ccc(CN2CCN(c3nncc(N4CCc5ccccc54)n3)CC2)cc1. The Labute approximate surface area is 165 Å². The fraction of sp³-hybridized carbons (Fsp3) is 0.318. The van der Waals surface area contributed by atoms with Gasteiger partial charge in [-0.25, -0.2) is 0 Å². The molecule has 1 fully saturated rings. The van der Waals surface area contributed by atoms with Crippen LogP contribution < -0.4 is 9.80 Å². The quantitative estimate of drug-likeness (QED) is 0.702. The van der Waals surface area contributed by atoms with Crippen LogP contribution in [0.5, 0.6) is 0 Å². The van der Waals surface area contributed by atoms with E-state index in [2.05, 4.69) is 79.5 Å². The number of rotatable bonds is 4. The van der Waals surface area contributed by atoms with Crippen molar-refractivity contribution in [2.24, 2.45) is 0 Å². The van der Waals surface area contributed by atoms with Crippen LogP contribution in [0.1, 0.15) is 11.1 Å². The number of piperazine rings is 1. The molecule has 6 nitrogen and oxygen atoms in total. The van der Waals surface area contributed by atoms with Gasteiger partial charge in [0.1, 0.15) is 0 Å². The molecule has 0 spiro atoms. The molecular weight excluding hydrogens is 348 g/mol. The Balaban J connectivity index is 1.26. The van der Waals surface area contributed by atoms with Crippen LogP contribution in [0.4, 0.5) is 17.5 Å². The van der Waals surface area contributed by atoms with Crippen molar-refractivity contribution in [2.75, 3.05) is 42.5 Å². The molecule has 1 saturated heterocycles. The van der Waals surface area contributed by atoms with Crippen molar-refractivity contribution in [3.05, 3.63) is 71.9 Å². The Morgan fingerprint density at radius 3 is 2.46 bits per heavy atom. The summed E-state index contributed by atoms with van der Waals surface area (Å²) in [5.74, 6) is 1.63. The maximum absolute atomic E-state index is 4.85. The zero-order chi connectivity index (χ0) is 18.8. The van der Waals surface area contributed by atoms with Crippen molar-refractivity contribution in [1.29, 1.82) is 0 Å². The van der Waals surface area contributed by atoms with E-state index in [9.17, 15) is 0 Å². The summed E-state index contributed by atoms with van der Waals surface area (Å²) in [5, 5.41) is 8.57. The third-order valence-electron chi connectivity index (χ3n) is 5.60. The zero-order valence-corrected chi connectivity index (χ0v) is 15.9. The standard InChI is InChI=1S/C22H24N6/c1-2-6-18(7-3-1)17-26-12-14-27(15-13-26)22-24-21(16-23-25-22)28-11-10-19-8-4-5-9-20(19)28/h1-9,16H,10-15,17H2. The summed E-state index contributed by atoms with van der Waals surface area (Å²) in [7, 11) is 0. The number of nitrogens with zero attached hydrogens (tertiary/aromatic N) is 6. The molecule has 28 heavy (non-hydrogen) atoms. The second kappa shape index (κ2) is 7.56. The molecule has 5 rings (SSSR count). The van der Waals surface area contributed by atoms with Gasteiger partial charge in [0.25, 0.3) is 0 Å². The predicted molar refractivity (Wildman–Crippen MR) is 111 cm³/mol. The minimum absolute atomic E-state index is 0.737. The van der Waals surface area contributed by atoms with E-state index in [4.69, 9.17) is 4.98 Å². The van der Waals surface area contributed by atoms with E-state index in [1.54, 1.807) is 6.20 Å². The summed E-state index contributed by atoms with van der Waals surface area (Å²) in [6, 6.07) is 19.2. The number of hydrogen-bond acceptors (Lipinski definition) is 6. The fourth-order valence-electron chi connectivity index (χ4n) is 4.07. The van der Waals surface area contributed by atoms with E-state index in [1.807, 2.05) is 0 Å². The number of hydrogen-bond donors (Lipinski definition) is 0. The molecule has 0 radical (unpaired) electrons. The second-order valence-corrected chi connectivity index (χ2v) is 7.39. The van der Waals surface area contributed by atoms with Crippen molar-refractivity contribution in [1.82, 2.24) is 20.1 Å². The van der Waals surface area contributed by atoms with Crippen molar-refractivity contribution in [3.8, 4) is 0 Å². The molecule has 3 aromatic rings. The van der Waals surface area contributed by atoms with Gasteiger partial charge >= 0.3 is 0 Å². The lowest BCUT2D eigenvalue weighted by Crippen LogP contribution is -2.46. The summed E-state index contributed by atoms with van der Waals surface area (Å²) in [5.41, 5.74) is 3.97. The van der Waals surface area contributed by atoms with E-state index in [0.29, 0.717) is 0 Å². The van der Waals surface area contributed by atoms with Gasteiger partial charge in [0, 0.05) is 45.0 Å². The van der Waals surface area contributed by atoms with Gasteiger partial charge in [-0.1, -0.05) is 48.5 Å². The molecule has 1 aromatic heterocycles. The Kier molecular flexibility index (Phi) is 4.62. The zero-order valence-electron chi connectivity index (χ0n) is 15.9. The first kappa shape index (κ1) is 17.1. The van der Waals surface area contributed by atoms with Crippen LogP contribution in [-0.2, 0) is 13.0 Å². The van der Waals surface area contributed by atoms with Crippen LogP contribution in [0.3, 0.4) is 0 Å². The smallest absolute Gasteiger partial charge is 0.247 e. The van der Waals surface area contributed by atoms with Crippen molar-refractivity contribution in [3.63, 3.8) is 0 Å². The van der Waals surface area contributed by atoms with Crippen LogP contribution in [0.15, 0.2) is 60.8 Å². The highest BCUT2D eigenvalue weighted by Crippen LogP contribution is 2.33. The van der Waals surface area contributed by atoms with Gasteiger partial charge in [-0.05, 0) is 23.6 Å². The molecule has 0 N–H and O–H groups in total. The van der Waals surface area contributed by atoms with Gasteiger partial charge in [-0.15, -0.1) is 5.10 Å². The number of para-hydroxylation sites is 1. The maximum atomic E-state index is 4.85. The highest BCUT2D eigenvalue weighted by molar-refractivity contribution is 5.67. The highest BCUT2D eigenvalue weighted by atomic mass is 15.4. The van der Waals surface area contributed by atoms with Crippen molar-refractivity contribution < 1.29 is 0 Å². The summed E-state index contributed by atoms with van der Waals surface area (Å²) < 4.78 is 0. The third kappa shape index (κ3) is 3.43.